The third-order valence-electron chi connectivity index (χ3n) is 7.21. The Morgan fingerprint density at radius 1 is 1.05 bits per heavy atom. The molecule has 1 N–H and O–H groups in total. The SMILES string of the molecule is CCOC(=O)COc1ccc2ccccc2c1/C=N/c1sc2c(c1C(=O)NC1CCCCC1)CCCC2. The summed E-state index contributed by atoms with van der Waals surface area (Å²) in [5.41, 5.74) is 2.71. The Morgan fingerprint density at radius 2 is 1.86 bits per heavy atom. The lowest BCUT2D eigenvalue weighted by Gasteiger charge is -2.23. The molecule has 0 aliphatic heterocycles. The molecule has 6 nitrogen and oxygen atoms in total. The van der Waals surface area contributed by atoms with Crippen molar-refractivity contribution in [2.45, 2.75) is 70.8 Å². The summed E-state index contributed by atoms with van der Waals surface area (Å²) >= 11 is 1.63. The fourth-order valence-electron chi connectivity index (χ4n) is 5.38. The lowest BCUT2D eigenvalue weighted by atomic mass is 9.93. The second kappa shape index (κ2) is 11.9. The van der Waals surface area contributed by atoms with E-state index in [1.54, 1.807) is 24.5 Å². The van der Waals surface area contributed by atoms with Crippen molar-refractivity contribution in [3.05, 3.63) is 58.0 Å². The molecule has 2 aliphatic rings. The summed E-state index contributed by atoms with van der Waals surface area (Å²) in [5.74, 6) is 0.159. The molecular weight excluding hydrogens is 484 g/mol. The highest BCUT2D eigenvalue weighted by Gasteiger charge is 2.27. The molecule has 1 saturated carbocycles. The van der Waals surface area contributed by atoms with E-state index < -0.39 is 5.97 Å². The Labute approximate surface area is 222 Å². The average Bonchev–Trinajstić information content (AvgIpc) is 3.30. The van der Waals surface area contributed by atoms with Crippen molar-refractivity contribution in [1.82, 2.24) is 5.32 Å². The van der Waals surface area contributed by atoms with E-state index in [9.17, 15) is 9.59 Å². The number of hydrogen-bond acceptors (Lipinski definition) is 6. The van der Waals surface area contributed by atoms with Crippen LogP contribution in [0.5, 0.6) is 5.75 Å². The van der Waals surface area contributed by atoms with E-state index in [1.807, 2.05) is 36.4 Å². The van der Waals surface area contributed by atoms with Gasteiger partial charge < -0.3 is 14.8 Å². The lowest BCUT2D eigenvalue weighted by molar-refractivity contribution is -0.145. The Hall–Kier alpha value is -3.19. The van der Waals surface area contributed by atoms with Gasteiger partial charge in [0.2, 0.25) is 0 Å². The van der Waals surface area contributed by atoms with Crippen LogP contribution in [-0.2, 0) is 22.4 Å². The summed E-state index contributed by atoms with van der Waals surface area (Å²) in [7, 11) is 0. The Kier molecular flexibility index (Phi) is 8.19. The minimum absolute atomic E-state index is 0.00940. The number of nitrogens with one attached hydrogen (secondary N) is 1. The van der Waals surface area contributed by atoms with Crippen molar-refractivity contribution < 1.29 is 19.1 Å². The molecule has 0 saturated heterocycles. The summed E-state index contributed by atoms with van der Waals surface area (Å²) in [6.45, 7) is 1.91. The number of fused-ring (bicyclic) bond motifs is 2. The van der Waals surface area contributed by atoms with Gasteiger partial charge in [-0.15, -0.1) is 11.3 Å². The number of benzene rings is 2. The van der Waals surface area contributed by atoms with Crippen LogP contribution in [0, 0.1) is 0 Å². The first-order chi connectivity index (χ1) is 18.1. The number of carbonyl (C=O) groups excluding carboxylic acids is 2. The van der Waals surface area contributed by atoms with E-state index in [0.29, 0.717) is 12.4 Å². The van der Waals surface area contributed by atoms with Crippen LogP contribution in [0.15, 0.2) is 41.4 Å². The smallest absolute Gasteiger partial charge is 0.344 e. The molecule has 3 aromatic rings. The summed E-state index contributed by atoms with van der Waals surface area (Å²) in [6, 6.07) is 12.1. The number of esters is 1. The van der Waals surface area contributed by atoms with Gasteiger partial charge in [-0.05, 0) is 67.9 Å². The van der Waals surface area contributed by atoms with Gasteiger partial charge in [-0.25, -0.2) is 9.79 Å². The van der Waals surface area contributed by atoms with Crippen molar-refractivity contribution in [2.24, 2.45) is 4.99 Å². The number of thiophene rings is 1. The molecule has 2 aromatic carbocycles. The summed E-state index contributed by atoms with van der Waals surface area (Å²) in [6.07, 6.45) is 11.7. The van der Waals surface area contributed by atoms with E-state index in [1.165, 1.54) is 29.7 Å². The van der Waals surface area contributed by atoms with Gasteiger partial charge in [-0.1, -0.05) is 49.6 Å². The number of rotatable bonds is 8. The van der Waals surface area contributed by atoms with Gasteiger partial charge in [0.05, 0.1) is 12.2 Å². The van der Waals surface area contributed by atoms with Gasteiger partial charge in [0.25, 0.3) is 5.91 Å². The van der Waals surface area contributed by atoms with Crippen LogP contribution in [0.3, 0.4) is 0 Å². The molecule has 194 valence electrons. The Morgan fingerprint density at radius 3 is 2.70 bits per heavy atom. The van der Waals surface area contributed by atoms with Crippen LogP contribution in [0.1, 0.15) is 78.2 Å². The van der Waals surface area contributed by atoms with Crippen molar-refractivity contribution in [2.75, 3.05) is 13.2 Å². The fourth-order valence-corrected chi connectivity index (χ4v) is 6.61. The molecule has 0 bridgehead atoms. The fraction of sp³-hybridized carbons (Fsp3) is 0.433. The quantitative estimate of drug-likeness (QED) is 0.271. The molecule has 2 aliphatic carbocycles. The van der Waals surface area contributed by atoms with Crippen LogP contribution in [0.25, 0.3) is 10.8 Å². The zero-order chi connectivity index (χ0) is 25.6. The largest absolute Gasteiger partial charge is 0.481 e. The zero-order valence-corrected chi connectivity index (χ0v) is 22.2. The molecule has 1 aromatic heterocycles. The highest BCUT2D eigenvalue weighted by molar-refractivity contribution is 7.16. The van der Waals surface area contributed by atoms with E-state index in [4.69, 9.17) is 14.5 Å². The molecule has 7 heteroatoms. The maximum atomic E-state index is 13.5. The zero-order valence-electron chi connectivity index (χ0n) is 21.4. The molecule has 1 heterocycles. The number of aryl methyl sites for hydroxylation is 1. The topological polar surface area (TPSA) is 77.0 Å². The van der Waals surface area contributed by atoms with Gasteiger partial charge >= 0.3 is 5.97 Å². The molecule has 0 unspecified atom stereocenters. The number of aliphatic imine (C=N–C) groups is 1. The minimum atomic E-state index is -0.411. The number of carbonyl (C=O) groups is 2. The number of ether oxygens (including phenoxy) is 2. The number of amides is 1. The van der Waals surface area contributed by atoms with Crippen LogP contribution < -0.4 is 10.1 Å². The summed E-state index contributed by atoms with van der Waals surface area (Å²) < 4.78 is 10.9. The second-order valence-electron chi connectivity index (χ2n) is 9.75. The van der Waals surface area contributed by atoms with Gasteiger partial charge in [-0.3, -0.25) is 4.79 Å². The molecule has 0 atom stereocenters. The molecule has 37 heavy (non-hydrogen) atoms. The Balaban J connectivity index is 1.49. The third kappa shape index (κ3) is 5.87. The van der Waals surface area contributed by atoms with Crippen LogP contribution >= 0.6 is 11.3 Å². The maximum Gasteiger partial charge on any atom is 0.344 e. The van der Waals surface area contributed by atoms with Gasteiger partial charge in [0, 0.05) is 22.7 Å². The van der Waals surface area contributed by atoms with E-state index >= 15 is 0 Å². The van der Waals surface area contributed by atoms with Gasteiger partial charge in [-0.2, -0.15) is 0 Å². The molecule has 0 spiro atoms. The average molecular weight is 519 g/mol. The third-order valence-corrected chi connectivity index (χ3v) is 8.41. The molecule has 5 rings (SSSR count). The molecule has 1 amide bonds. The second-order valence-corrected chi connectivity index (χ2v) is 10.8. The first-order valence-corrected chi connectivity index (χ1v) is 14.3. The predicted molar refractivity (Wildman–Crippen MR) is 149 cm³/mol. The molecular formula is C30H34N2O4S. The Bertz CT molecular complexity index is 1310. The number of nitrogens with zero attached hydrogens (tertiary/aromatic N) is 1. The van der Waals surface area contributed by atoms with Gasteiger partial charge in [0.15, 0.2) is 6.61 Å². The van der Waals surface area contributed by atoms with Crippen LogP contribution in [0.2, 0.25) is 0 Å². The first-order valence-electron chi connectivity index (χ1n) is 13.4. The van der Waals surface area contributed by atoms with E-state index in [-0.39, 0.29) is 18.6 Å². The van der Waals surface area contributed by atoms with Crippen LogP contribution in [0.4, 0.5) is 5.00 Å². The summed E-state index contributed by atoms with van der Waals surface area (Å²) in [4.78, 5) is 31.7. The van der Waals surface area contributed by atoms with Gasteiger partial charge in [0.1, 0.15) is 10.8 Å². The molecule has 1 fully saturated rings. The van der Waals surface area contributed by atoms with E-state index in [2.05, 4.69) is 5.32 Å². The van der Waals surface area contributed by atoms with E-state index in [0.717, 1.165) is 65.4 Å². The highest BCUT2D eigenvalue weighted by Crippen LogP contribution is 2.40. The first kappa shape index (κ1) is 25.5. The van der Waals surface area contributed by atoms with Crippen LogP contribution in [-0.4, -0.2) is 37.3 Å². The predicted octanol–water partition coefficient (Wildman–Crippen LogP) is 6.54. The molecule has 0 radical (unpaired) electrons. The van der Waals surface area contributed by atoms with Crippen molar-refractivity contribution in [3.63, 3.8) is 0 Å². The summed E-state index contributed by atoms with van der Waals surface area (Å²) in [5, 5.41) is 6.09. The van der Waals surface area contributed by atoms with Crippen molar-refractivity contribution in [3.8, 4) is 5.75 Å². The number of hydrogen-bond donors (Lipinski definition) is 1. The normalized spacial score (nSPS) is 16.0. The monoisotopic (exact) mass is 518 g/mol. The van der Waals surface area contributed by atoms with Crippen molar-refractivity contribution >= 4 is 45.2 Å². The lowest BCUT2D eigenvalue weighted by Crippen LogP contribution is -2.36. The van der Waals surface area contributed by atoms with Crippen molar-refractivity contribution in [1.29, 1.82) is 0 Å². The standard InChI is InChI=1S/C30H34N2O4S/c1-2-35-27(33)19-36-25-17-16-20-10-6-7-13-22(20)24(25)18-31-30-28(23-14-8-9-15-26(23)37-30)29(34)32-21-11-4-3-5-12-21/h6-7,10,13,16-18,21H,2-5,8-9,11-12,14-15,19H2,1H3,(H,32,34)/b31-18+. The minimum Gasteiger partial charge on any atom is -0.481 e. The maximum absolute atomic E-state index is 13.5. The highest BCUT2D eigenvalue weighted by atomic mass is 32.1.